The first-order chi connectivity index (χ1) is 10.3. The highest BCUT2D eigenvalue weighted by Crippen LogP contribution is 2.18. The van der Waals surface area contributed by atoms with E-state index in [1.807, 2.05) is 71.6 Å². The first kappa shape index (κ1) is 16.2. The van der Waals surface area contributed by atoms with Crippen LogP contribution < -0.4 is 26.3 Å². The Balaban J connectivity index is 0.00000176. The van der Waals surface area contributed by atoms with Gasteiger partial charge in [0.05, 0.1) is 7.11 Å². The highest BCUT2D eigenvalue weighted by Gasteiger charge is 2.12. The van der Waals surface area contributed by atoms with Gasteiger partial charge < -0.3 is 21.7 Å². The minimum absolute atomic E-state index is 0. The smallest absolute Gasteiger partial charge is 0.227 e. The van der Waals surface area contributed by atoms with E-state index in [9.17, 15) is 4.79 Å². The number of ketones is 1. The molecule has 0 amide bonds. The van der Waals surface area contributed by atoms with Gasteiger partial charge in [0.1, 0.15) is 5.75 Å². The Bertz CT molecular complexity index is 787. The van der Waals surface area contributed by atoms with Gasteiger partial charge in [0, 0.05) is 17.0 Å². The number of carbonyl (C=O) groups excluding carboxylic acids is 1. The molecule has 1 aromatic heterocycles. The molecule has 0 aliphatic carbocycles. The molecule has 1 heterocycles. The molecule has 112 valence electrons. The van der Waals surface area contributed by atoms with E-state index in [1.54, 1.807) is 7.11 Å². The molecule has 0 saturated heterocycles. The van der Waals surface area contributed by atoms with Gasteiger partial charge in [-0.1, -0.05) is 30.3 Å². The fraction of sp³-hybridized carbons (Fsp3) is 0.111. The summed E-state index contributed by atoms with van der Waals surface area (Å²) in [4.78, 5) is 12.2. The molecule has 0 aliphatic heterocycles. The van der Waals surface area contributed by atoms with Crippen molar-refractivity contribution in [1.82, 2.24) is 0 Å². The normalized spacial score (nSPS) is 10.0. The Morgan fingerprint density at radius 2 is 1.82 bits per heavy atom. The number of Topliss-reactive ketones (excluding diaryl/α,β-unsaturated/α-hetero) is 1. The molecule has 0 radical (unpaired) electrons. The first-order valence-electron chi connectivity index (χ1n) is 6.81. The molecule has 22 heavy (non-hydrogen) atoms. The molecule has 0 aliphatic rings. The van der Waals surface area contributed by atoms with Gasteiger partial charge in [-0.3, -0.25) is 4.79 Å². The zero-order chi connectivity index (χ0) is 14.7. The minimum atomic E-state index is 0. The summed E-state index contributed by atoms with van der Waals surface area (Å²) in [6.45, 7) is 0.339. The lowest BCUT2D eigenvalue weighted by molar-refractivity contribution is -0.681. The molecule has 0 N–H and O–H groups in total. The third-order valence-corrected chi connectivity index (χ3v) is 3.47. The van der Waals surface area contributed by atoms with Gasteiger partial charge in [0.2, 0.25) is 12.3 Å². The van der Waals surface area contributed by atoms with Crippen LogP contribution in [0.5, 0.6) is 5.75 Å². The zero-order valence-corrected chi connectivity index (χ0v) is 13.8. The zero-order valence-electron chi connectivity index (χ0n) is 12.2. The van der Waals surface area contributed by atoms with E-state index < -0.39 is 0 Å². The summed E-state index contributed by atoms with van der Waals surface area (Å²) in [6.07, 6.45) is 3.90. The van der Waals surface area contributed by atoms with Crippen LogP contribution >= 0.6 is 0 Å². The largest absolute Gasteiger partial charge is 1.00 e. The molecule has 3 rings (SSSR count). The van der Waals surface area contributed by atoms with Gasteiger partial charge in [-0.25, -0.2) is 0 Å². The lowest BCUT2D eigenvalue weighted by atomic mass is 10.1. The van der Waals surface area contributed by atoms with Crippen LogP contribution in [-0.4, -0.2) is 12.9 Å². The monoisotopic (exact) mass is 357 g/mol. The summed E-state index contributed by atoms with van der Waals surface area (Å²) in [5.74, 6) is 0.939. The number of pyridine rings is 1. The van der Waals surface area contributed by atoms with Crippen LogP contribution in [0.1, 0.15) is 10.4 Å². The Labute approximate surface area is 139 Å². The molecule has 0 fully saturated rings. The summed E-state index contributed by atoms with van der Waals surface area (Å²) in [6, 6.07) is 17.3. The summed E-state index contributed by atoms with van der Waals surface area (Å²) in [5.41, 5.74) is 0.736. The summed E-state index contributed by atoms with van der Waals surface area (Å²) < 4.78 is 7.12. The van der Waals surface area contributed by atoms with E-state index >= 15 is 0 Å². The van der Waals surface area contributed by atoms with Crippen molar-refractivity contribution >= 4 is 16.6 Å². The average Bonchev–Trinajstić information content (AvgIpc) is 2.55. The fourth-order valence-corrected chi connectivity index (χ4v) is 2.32. The predicted molar refractivity (Wildman–Crippen MR) is 81.5 cm³/mol. The summed E-state index contributed by atoms with van der Waals surface area (Å²) in [5, 5.41) is 2.18. The molecule has 4 heteroatoms. The molecule has 0 unspecified atom stereocenters. The Morgan fingerprint density at radius 1 is 1.05 bits per heavy atom. The number of nitrogens with zero attached hydrogens (tertiary/aromatic N) is 1. The number of rotatable bonds is 4. The number of methoxy groups -OCH3 is 1. The van der Waals surface area contributed by atoms with Crippen molar-refractivity contribution in [1.29, 1.82) is 0 Å². The maximum Gasteiger partial charge on any atom is 0.227 e. The number of aromatic nitrogens is 1. The Hall–Kier alpha value is -2.20. The Kier molecular flexibility index (Phi) is 5.28. The van der Waals surface area contributed by atoms with Crippen molar-refractivity contribution in [3.63, 3.8) is 0 Å². The van der Waals surface area contributed by atoms with E-state index in [0.29, 0.717) is 6.54 Å². The predicted octanol–water partition coefficient (Wildman–Crippen LogP) is 0.0228. The molecular formula is C18H16BrNO2. The van der Waals surface area contributed by atoms with E-state index in [-0.39, 0.29) is 22.8 Å². The van der Waals surface area contributed by atoms with Crippen LogP contribution in [-0.2, 0) is 6.54 Å². The lowest BCUT2D eigenvalue weighted by Gasteiger charge is -2.02. The molecule has 3 aromatic rings. The van der Waals surface area contributed by atoms with Crippen molar-refractivity contribution in [3.05, 3.63) is 72.6 Å². The number of hydrogen-bond donors (Lipinski definition) is 0. The minimum Gasteiger partial charge on any atom is -1.00 e. The second kappa shape index (κ2) is 7.18. The van der Waals surface area contributed by atoms with Crippen molar-refractivity contribution in [2.45, 2.75) is 6.54 Å². The quantitative estimate of drug-likeness (QED) is 0.487. The lowest BCUT2D eigenvalue weighted by Crippen LogP contribution is -3.00. The van der Waals surface area contributed by atoms with Crippen molar-refractivity contribution in [2.24, 2.45) is 0 Å². The van der Waals surface area contributed by atoms with E-state index in [1.165, 1.54) is 0 Å². The van der Waals surface area contributed by atoms with E-state index in [0.717, 1.165) is 22.1 Å². The van der Waals surface area contributed by atoms with Gasteiger partial charge in [-0.2, -0.15) is 4.57 Å². The van der Waals surface area contributed by atoms with E-state index in [4.69, 9.17) is 4.74 Å². The maximum absolute atomic E-state index is 12.2. The average molecular weight is 358 g/mol. The van der Waals surface area contributed by atoms with Gasteiger partial charge in [0.25, 0.3) is 0 Å². The van der Waals surface area contributed by atoms with Crippen molar-refractivity contribution in [3.8, 4) is 5.75 Å². The topological polar surface area (TPSA) is 30.2 Å². The second-order valence-electron chi connectivity index (χ2n) is 4.90. The fourth-order valence-electron chi connectivity index (χ4n) is 2.32. The maximum atomic E-state index is 12.2. The van der Waals surface area contributed by atoms with Gasteiger partial charge >= 0.3 is 0 Å². The van der Waals surface area contributed by atoms with Gasteiger partial charge in [0.15, 0.2) is 12.4 Å². The van der Waals surface area contributed by atoms with Crippen molar-refractivity contribution < 1.29 is 31.1 Å². The van der Waals surface area contributed by atoms with Gasteiger partial charge in [-0.15, -0.1) is 0 Å². The molecule has 3 nitrogen and oxygen atoms in total. The Morgan fingerprint density at radius 3 is 2.55 bits per heavy atom. The molecule has 0 saturated carbocycles. The molecule has 0 spiro atoms. The number of carbonyl (C=O) groups is 1. The van der Waals surface area contributed by atoms with Crippen LogP contribution in [0, 0.1) is 0 Å². The van der Waals surface area contributed by atoms with Crippen LogP contribution in [0.25, 0.3) is 10.8 Å². The molecular weight excluding hydrogens is 342 g/mol. The third kappa shape index (κ3) is 3.52. The van der Waals surface area contributed by atoms with Crippen LogP contribution in [0.15, 0.2) is 67.0 Å². The second-order valence-corrected chi connectivity index (χ2v) is 4.90. The summed E-state index contributed by atoms with van der Waals surface area (Å²) in [7, 11) is 1.66. The van der Waals surface area contributed by atoms with E-state index in [2.05, 4.69) is 0 Å². The van der Waals surface area contributed by atoms with Crippen LogP contribution in [0.4, 0.5) is 0 Å². The highest BCUT2D eigenvalue weighted by molar-refractivity contribution is 5.95. The van der Waals surface area contributed by atoms with Crippen molar-refractivity contribution in [2.75, 3.05) is 7.11 Å². The van der Waals surface area contributed by atoms with Gasteiger partial charge in [-0.05, 0) is 23.6 Å². The number of fused-ring (bicyclic) bond motifs is 1. The summed E-state index contributed by atoms with van der Waals surface area (Å²) >= 11 is 0. The molecule has 0 atom stereocenters. The molecule has 0 bridgehead atoms. The highest BCUT2D eigenvalue weighted by atomic mass is 79.9. The SMILES string of the molecule is COc1ccc2c[n+](CC(=O)c3ccccc3)ccc2c1.[Br-]. The molecule has 2 aromatic carbocycles. The van der Waals surface area contributed by atoms with Crippen LogP contribution in [0.3, 0.4) is 0 Å². The standard InChI is InChI=1S/C18H16NO2.BrH/c1-21-17-8-7-16-12-19(10-9-15(16)11-17)13-18(20)14-5-3-2-4-6-14;/h2-12H,13H2,1H3;1H/q+1;/p-1. The number of ether oxygens (including phenoxy) is 1. The third-order valence-electron chi connectivity index (χ3n) is 3.47. The number of halogens is 1. The number of benzene rings is 2. The first-order valence-corrected chi connectivity index (χ1v) is 6.81. The number of hydrogen-bond acceptors (Lipinski definition) is 2. The van der Waals surface area contributed by atoms with Crippen LogP contribution in [0.2, 0.25) is 0 Å².